The molecule has 0 atom stereocenters. The van der Waals surface area contributed by atoms with Crippen LogP contribution in [-0.4, -0.2) is 46.4 Å². The number of nitrogens with zero attached hydrogens (tertiary/aromatic N) is 2. The Kier molecular flexibility index (Phi) is 5.81. The number of hydrogen-bond acceptors (Lipinski definition) is 5. The molecule has 0 spiro atoms. The number of sulfonamides is 1. The van der Waals surface area contributed by atoms with Crippen LogP contribution in [0.2, 0.25) is 5.02 Å². The van der Waals surface area contributed by atoms with Crippen molar-refractivity contribution in [1.82, 2.24) is 5.32 Å². The van der Waals surface area contributed by atoms with Crippen molar-refractivity contribution in [3.05, 3.63) is 47.0 Å². The Bertz CT molecular complexity index is 1150. The van der Waals surface area contributed by atoms with Crippen LogP contribution < -0.4 is 19.8 Å². The standard InChI is InChI=1S/C21H23ClN4O4S/c1-14(27)26-9-2-3-15-11-17(5-7-19(15)26)31(29,30)24-16-4-6-20(18(22)12-16)25-10-8-23-21(28)13-25/h4-7,11-12,24H,2-3,8-10,13H2,1H3,(H,23,28). The van der Waals surface area contributed by atoms with Crippen molar-refractivity contribution in [2.24, 2.45) is 0 Å². The molecule has 2 heterocycles. The number of anilines is 3. The summed E-state index contributed by atoms with van der Waals surface area (Å²) in [6, 6.07) is 9.68. The molecule has 2 aromatic rings. The van der Waals surface area contributed by atoms with Gasteiger partial charge in [0, 0.05) is 32.2 Å². The smallest absolute Gasteiger partial charge is 0.261 e. The van der Waals surface area contributed by atoms with Crippen LogP contribution in [0, 0.1) is 0 Å². The van der Waals surface area contributed by atoms with E-state index in [1.807, 2.05) is 4.90 Å². The molecule has 0 aromatic heterocycles. The van der Waals surface area contributed by atoms with Crippen molar-refractivity contribution in [2.45, 2.75) is 24.7 Å². The molecule has 0 radical (unpaired) electrons. The van der Waals surface area contributed by atoms with Gasteiger partial charge in [-0.15, -0.1) is 0 Å². The highest BCUT2D eigenvalue weighted by molar-refractivity contribution is 7.92. The number of amides is 2. The van der Waals surface area contributed by atoms with E-state index in [-0.39, 0.29) is 23.3 Å². The van der Waals surface area contributed by atoms with E-state index in [4.69, 9.17) is 11.6 Å². The molecule has 0 aliphatic carbocycles. The van der Waals surface area contributed by atoms with Crippen molar-refractivity contribution in [3.8, 4) is 0 Å². The van der Waals surface area contributed by atoms with Crippen LogP contribution >= 0.6 is 11.6 Å². The third kappa shape index (κ3) is 4.47. The molecule has 4 rings (SSSR count). The first-order chi connectivity index (χ1) is 14.7. The predicted octanol–water partition coefficient (Wildman–Crippen LogP) is 2.38. The Balaban J connectivity index is 1.56. The summed E-state index contributed by atoms with van der Waals surface area (Å²) in [7, 11) is -3.84. The minimum Gasteiger partial charge on any atom is -0.359 e. The van der Waals surface area contributed by atoms with E-state index in [9.17, 15) is 18.0 Å². The molecule has 2 aromatic carbocycles. The van der Waals surface area contributed by atoms with Crippen molar-refractivity contribution in [3.63, 3.8) is 0 Å². The van der Waals surface area contributed by atoms with E-state index in [1.54, 1.807) is 29.2 Å². The molecule has 0 saturated carbocycles. The van der Waals surface area contributed by atoms with E-state index >= 15 is 0 Å². The predicted molar refractivity (Wildman–Crippen MR) is 120 cm³/mol. The number of nitrogens with one attached hydrogen (secondary N) is 2. The van der Waals surface area contributed by atoms with Gasteiger partial charge in [-0.2, -0.15) is 0 Å². The van der Waals surface area contributed by atoms with Gasteiger partial charge in [0.1, 0.15) is 0 Å². The summed E-state index contributed by atoms with van der Waals surface area (Å²) in [5.74, 6) is -0.140. The molecule has 164 valence electrons. The Morgan fingerprint density at radius 3 is 2.61 bits per heavy atom. The number of carbonyl (C=O) groups excluding carboxylic acids is 2. The number of rotatable bonds is 4. The molecule has 1 fully saturated rings. The quantitative estimate of drug-likeness (QED) is 0.726. The van der Waals surface area contributed by atoms with Gasteiger partial charge in [0.15, 0.2) is 0 Å². The fourth-order valence-corrected chi connectivity index (χ4v) is 5.35. The van der Waals surface area contributed by atoms with Gasteiger partial charge in [0.05, 0.1) is 27.8 Å². The van der Waals surface area contributed by atoms with Gasteiger partial charge in [-0.05, 0) is 54.8 Å². The normalized spacial score (nSPS) is 16.5. The van der Waals surface area contributed by atoms with Gasteiger partial charge in [-0.1, -0.05) is 11.6 Å². The van der Waals surface area contributed by atoms with Gasteiger partial charge < -0.3 is 15.1 Å². The van der Waals surface area contributed by atoms with Crippen LogP contribution in [0.1, 0.15) is 18.9 Å². The summed E-state index contributed by atoms with van der Waals surface area (Å²) in [6.07, 6.45) is 1.50. The van der Waals surface area contributed by atoms with E-state index in [2.05, 4.69) is 10.0 Å². The van der Waals surface area contributed by atoms with Gasteiger partial charge >= 0.3 is 0 Å². The van der Waals surface area contributed by atoms with E-state index < -0.39 is 10.0 Å². The van der Waals surface area contributed by atoms with Gasteiger partial charge in [-0.3, -0.25) is 14.3 Å². The third-order valence-corrected chi connectivity index (χ3v) is 7.12. The Morgan fingerprint density at radius 2 is 1.90 bits per heavy atom. The zero-order chi connectivity index (χ0) is 22.2. The van der Waals surface area contributed by atoms with E-state index in [1.165, 1.54) is 19.1 Å². The molecule has 8 nitrogen and oxygen atoms in total. The lowest BCUT2D eigenvalue weighted by molar-refractivity contribution is -0.120. The number of halogens is 1. The zero-order valence-corrected chi connectivity index (χ0v) is 18.6. The molecule has 0 bridgehead atoms. The summed E-state index contributed by atoms with van der Waals surface area (Å²) >= 11 is 6.38. The molecule has 2 amide bonds. The first-order valence-electron chi connectivity index (χ1n) is 10.00. The lowest BCUT2D eigenvalue weighted by Gasteiger charge is -2.29. The van der Waals surface area contributed by atoms with Crippen LogP contribution in [0.15, 0.2) is 41.3 Å². The second-order valence-electron chi connectivity index (χ2n) is 7.61. The van der Waals surface area contributed by atoms with Crippen LogP contribution in [-0.2, 0) is 26.0 Å². The van der Waals surface area contributed by atoms with Crippen molar-refractivity contribution in [2.75, 3.05) is 40.7 Å². The van der Waals surface area contributed by atoms with Gasteiger partial charge in [0.25, 0.3) is 10.0 Å². The monoisotopic (exact) mass is 462 g/mol. The highest BCUT2D eigenvalue weighted by Crippen LogP contribution is 2.32. The second-order valence-corrected chi connectivity index (χ2v) is 9.70. The first-order valence-corrected chi connectivity index (χ1v) is 11.9. The van der Waals surface area contributed by atoms with Gasteiger partial charge in [-0.25, -0.2) is 8.42 Å². The van der Waals surface area contributed by atoms with Crippen LogP contribution in [0.5, 0.6) is 0 Å². The summed E-state index contributed by atoms with van der Waals surface area (Å²) in [5, 5.41) is 3.11. The molecule has 2 aliphatic rings. The average Bonchev–Trinajstić information content (AvgIpc) is 2.72. The highest BCUT2D eigenvalue weighted by Gasteiger charge is 2.24. The zero-order valence-electron chi connectivity index (χ0n) is 17.0. The maximum atomic E-state index is 12.9. The van der Waals surface area contributed by atoms with E-state index in [0.29, 0.717) is 42.5 Å². The highest BCUT2D eigenvalue weighted by atomic mass is 35.5. The third-order valence-electron chi connectivity index (χ3n) is 5.44. The number of fused-ring (bicyclic) bond motifs is 1. The van der Waals surface area contributed by atoms with E-state index in [0.717, 1.165) is 17.7 Å². The fraction of sp³-hybridized carbons (Fsp3) is 0.333. The first kappa shape index (κ1) is 21.5. The van der Waals surface area contributed by atoms with Crippen molar-refractivity contribution >= 4 is 50.5 Å². The minimum absolute atomic E-state index is 0.0596. The molecular formula is C21H23ClN4O4S. The Hall–Kier alpha value is -2.78. The summed E-state index contributed by atoms with van der Waals surface area (Å²) in [6.45, 7) is 3.50. The molecule has 0 unspecified atom stereocenters. The van der Waals surface area contributed by atoms with Gasteiger partial charge in [0.2, 0.25) is 11.8 Å². The molecule has 31 heavy (non-hydrogen) atoms. The molecule has 1 saturated heterocycles. The maximum Gasteiger partial charge on any atom is 0.261 e. The van der Waals surface area contributed by atoms with Crippen LogP contribution in [0.3, 0.4) is 0 Å². The van der Waals surface area contributed by atoms with Crippen molar-refractivity contribution < 1.29 is 18.0 Å². The maximum absolute atomic E-state index is 12.9. The Labute approximate surface area is 186 Å². The largest absolute Gasteiger partial charge is 0.359 e. The minimum atomic E-state index is -3.84. The molecule has 2 N–H and O–H groups in total. The summed E-state index contributed by atoms with van der Waals surface area (Å²) < 4.78 is 28.5. The summed E-state index contributed by atoms with van der Waals surface area (Å²) in [4.78, 5) is 27.1. The lowest BCUT2D eigenvalue weighted by atomic mass is 10.0. The fourth-order valence-electron chi connectivity index (χ4n) is 3.95. The summed E-state index contributed by atoms with van der Waals surface area (Å²) in [5.41, 5.74) is 2.60. The Morgan fingerprint density at radius 1 is 1.13 bits per heavy atom. The number of aryl methyl sites for hydroxylation is 1. The van der Waals surface area contributed by atoms with Crippen LogP contribution in [0.25, 0.3) is 0 Å². The van der Waals surface area contributed by atoms with Crippen LogP contribution in [0.4, 0.5) is 17.1 Å². The average molecular weight is 463 g/mol. The molecular weight excluding hydrogens is 440 g/mol. The number of carbonyl (C=O) groups is 2. The molecule has 2 aliphatic heterocycles. The lowest BCUT2D eigenvalue weighted by Crippen LogP contribution is -2.47. The number of hydrogen-bond donors (Lipinski definition) is 2. The topological polar surface area (TPSA) is 98.8 Å². The number of piperazine rings is 1. The number of benzene rings is 2. The SMILES string of the molecule is CC(=O)N1CCCc2cc(S(=O)(=O)Nc3ccc(N4CCNC(=O)C4)c(Cl)c3)ccc21. The van der Waals surface area contributed by atoms with Crippen molar-refractivity contribution in [1.29, 1.82) is 0 Å². The molecule has 10 heteroatoms. The second kappa shape index (κ2) is 8.39.